The van der Waals surface area contributed by atoms with Gasteiger partial charge in [0.05, 0.1) is 0 Å². The topological polar surface area (TPSA) is 20.3 Å². The van der Waals surface area contributed by atoms with Crippen molar-refractivity contribution in [3.8, 4) is 11.1 Å². The van der Waals surface area contributed by atoms with Gasteiger partial charge < -0.3 is 9.69 Å². The summed E-state index contributed by atoms with van der Waals surface area (Å²) < 4.78 is 42.0. The van der Waals surface area contributed by atoms with Crippen LogP contribution in [0.1, 0.15) is 0 Å². The molecule has 0 spiro atoms. The Labute approximate surface area is 119 Å². The highest BCUT2D eigenvalue weighted by molar-refractivity contribution is 5.69. The molecular weight excluding hydrogens is 279 g/mol. The number of carbonyl (C=O) groups is 1. The van der Waals surface area contributed by atoms with E-state index in [9.17, 15) is 18.0 Å². The van der Waals surface area contributed by atoms with Crippen LogP contribution in [-0.4, -0.2) is 19.4 Å². The van der Waals surface area contributed by atoms with Crippen molar-refractivity contribution in [2.24, 2.45) is 5.92 Å². The molecule has 1 saturated heterocycles. The molecule has 0 radical (unpaired) electrons. The van der Waals surface area contributed by atoms with E-state index in [1.165, 1.54) is 23.1 Å². The lowest BCUT2D eigenvalue weighted by Gasteiger charge is -2.38. The number of anilines is 1. The van der Waals surface area contributed by atoms with Crippen LogP contribution >= 0.6 is 0 Å². The first-order valence-corrected chi connectivity index (χ1v) is 6.54. The Hall–Kier alpha value is -2.30. The number of nitrogens with zero attached hydrogens (tertiary/aromatic N) is 1. The van der Waals surface area contributed by atoms with Crippen molar-refractivity contribution >= 4 is 12.0 Å². The van der Waals surface area contributed by atoms with Gasteiger partial charge in [-0.25, -0.2) is 13.2 Å². The Morgan fingerprint density at radius 1 is 1.00 bits per heavy atom. The van der Waals surface area contributed by atoms with Gasteiger partial charge in [-0.1, -0.05) is 18.2 Å². The van der Waals surface area contributed by atoms with Gasteiger partial charge in [0.2, 0.25) is 0 Å². The predicted molar refractivity (Wildman–Crippen MR) is 73.5 cm³/mol. The summed E-state index contributed by atoms with van der Waals surface area (Å²) in [6.07, 6.45) is 0.778. The number of halogens is 3. The summed E-state index contributed by atoms with van der Waals surface area (Å²) in [6, 6.07) is 8.06. The van der Waals surface area contributed by atoms with E-state index in [0.29, 0.717) is 13.1 Å². The fourth-order valence-corrected chi connectivity index (χ4v) is 2.50. The summed E-state index contributed by atoms with van der Waals surface area (Å²) in [5.74, 6) is -2.22. The summed E-state index contributed by atoms with van der Waals surface area (Å²) in [7, 11) is 0. The highest BCUT2D eigenvalue weighted by Crippen LogP contribution is 2.33. The van der Waals surface area contributed by atoms with Gasteiger partial charge in [-0.2, -0.15) is 0 Å². The normalized spacial score (nSPS) is 14.9. The van der Waals surface area contributed by atoms with Crippen LogP contribution in [0, 0.1) is 23.4 Å². The van der Waals surface area contributed by atoms with Crippen LogP contribution in [0.4, 0.5) is 18.9 Å². The van der Waals surface area contributed by atoms with E-state index in [-0.39, 0.29) is 22.7 Å². The van der Waals surface area contributed by atoms with Crippen LogP contribution in [0.15, 0.2) is 36.4 Å². The zero-order valence-electron chi connectivity index (χ0n) is 11.0. The molecule has 0 atom stereocenters. The van der Waals surface area contributed by atoms with Crippen LogP contribution < -0.4 is 4.90 Å². The maximum Gasteiger partial charge on any atom is 0.150 e. The van der Waals surface area contributed by atoms with Crippen LogP contribution in [0.25, 0.3) is 11.1 Å². The van der Waals surface area contributed by atoms with E-state index in [2.05, 4.69) is 0 Å². The van der Waals surface area contributed by atoms with Gasteiger partial charge in [0.25, 0.3) is 0 Å². The van der Waals surface area contributed by atoms with Crippen LogP contribution in [-0.2, 0) is 4.79 Å². The number of rotatable bonds is 3. The Morgan fingerprint density at radius 3 is 2.19 bits per heavy atom. The summed E-state index contributed by atoms with van der Waals surface area (Å²) >= 11 is 0. The van der Waals surface area contributed by atoms with Crippen molar-refractivity contribution in [2.75, 3.05) is 18.0 Å². The molecule has 0 N–H and O–H groups in total. The molecule has 0 saturated carbocycles. The zero-order chi connectivity index (χ0) is 15.0. The average Bonchev–Trinajstić information content (AvgIpc) is 2.40. The van der Waals surface area contributed by atoms with Gasteiger partial charge >= 0.3 is 0 Å². The molecule has 1 aliphatic rings. The van der Waals surface area contributed by atoms with Gasteiger partial charge in [-0.3, -0.25) is 0 Å². The lowest BCUT2D eigenvalue weighted by atomic mass is 9.99. The Kier molecular flexibility index (Phi) is 3.41. The van der Waals surface area contributed by atoms with Crippen molar-refractivity contribution in [1.82, 2.24) is 0 Å². The quantitative estimate of drug-likeness (QED) is 0.808. The van der Waals surface area contributed by atoms with Gasteiger partial charge in [-0.05, 0) is 23.8 Å². The van der Waals surface area contributed by atoms with Gasteiger partial charge in [0.15, 0.2) is 0 Å². The second-order valence-electron chi connectivity index (χ2n) is 5.07. The van der Waals surface area contributed by atoms with E-state index in [1.807, 2.05) is 0 Å². The molecule has 1 heterocycles. The third-order valence-electron chi connectivity index (χ3n) is 3.62. The number of hydrogen-bond donors (Lipinski definition) is 0. The Balaban J connectivity index is 1.97. The maximum atomic E-state index is 14.1. The molecule has 2 nitrogen and oxygen atoms in total. The molecular formula is C16H12F3NO. The number of benzene rings is 2. The Bertz CT molecular complexity index is 673. The summed E-state index contributed by atoms with van der Waals surface area (Å²) in [4.78, 5) is 12.0. The van der Waals surface area contributed by atoms with Gasteiger partial charge in [0, 0.05) is 24.6 Å². The predicted octanol–water partition coefficient (Wildman–Crippen LogP) is 3.41. The molecule has 0 bridgehead atoms. The third-order valence-corrected chi connectivity index (χ3v) is 3.62. The highest BCUT2D eigenvalue weighted by atomic mass is 19.1. The number of hydrogen-bond acceptors (Lipinski definition) is 2. The minimum atomic E-state index is -0.752. The smallest absolute Gasteiger partial charge is 0.150 e. The summed E-state index contributed by atoms with van der Waals surface area (Å²) in [5, 5.41) is 0. The third kappa shape index (κ3) is 2.39. The Morgan fingerprint density at radius 2 is 1.62 bits per heavy atom. The van der Waals surface area contributed by atoms with Crippen LogP contribution in [0.2, 0.25) is 0 Å². The molecule has 3 rings (SSSR count). The molecule has 2 aromatic rings. The lowest BCUT2D eigenvalue weighted by Crippen LogP contribution is -2.48. The second-order valence-corrected chi connectivity index (χ2v) is 5.07. The summed E-state index contributed by atoms with van der Waals surface area (Å²) in [6.45, 7) is 0.604. The van der Waals surface area contributed by atoms with Gasteiger partial charge in [0.1, 0.15) is 29.4 Å². The van der Waals surface area contributed by atoms with Crippen LogP contribution in [0.5, 0.6) is 0 Å². The fourth-order valence-electron chi connectivity index (χ4n) is 2.50. The maximum absolute atomic E-state index is 14.1. The molecule has 108 valence electrons. The molecule has 21 heavy (non-hydrogen) atoms. The first kappa shape index (κ1) is 13.7. The molecule has 0 aromatic heterocycles. The molecule has 5 heteroatoms. The standard InChI is InChI=1S/C16H12F3NO/c17-13-4-2-1-3-12(13)11-5-14(18)16(15(19)6-11)20-7-10(8-20)9-21/h1-6,9-10H,7-8H2. The molecule has 0 unspecified atom stereocenters. The minimum Gasteiger partial charge on any atom is -0.365 e. The monoisotopic (exact) mass is 291 g/mol. The molecule has 0 aliphatic carbocycles. The van der Waals surface area contributed by atoms with Crippen molar-refractivity contribution in [3.05, 3.63) is 53.8 Å². The second kappa shape index (κ2) is 5.24. The first-order valence-electron chi connectivity index (χ1n) is 6.54. The lowest BCUT2D eigenvalue weighted by molar-refractivity contribution is -0.111. The molecule has 1 fully saturated rings. The van der Waals surface area contributed by atoms with E-state index in [1.54, 1.807) is 6.07 Å². The van der Waals surface area contributed by atoms with E-state index in [0.717, 1.165) is 18.4 Å². The summed E-state index contributed by atoms with van der Waals surface area (Å²) in [5.41, 5.74) is 0.142. The molecule has 1 aliphatic heterocycles. The zero-order valence-corrected chi connectivity index (χ0v) is 11.0. The van der Waals surface area contributed by atoms with E-state index >= 15 is 0 Å². The molecule has 2 aromatic carbocycles. The fraction of sp³-hybridized carbons (Fsp3) is 0.188. The largest absolute Gasteiger partial charge is 0.365 e. The van der Waals surface area contributed by atoms with Gasteiger partial charge in [-0.15, -0.1) is 0 Å². The van der Waals surface area contributed by atoms with E-state index in [4.69, 9.17) is 0 Å². The van der Waals surface area contributed by atoms with E-state index < -0.39 is 17.5 Å². The van der Waals surface area contributed by atoms with Crippen molar-refractivity contribution < 1.29 is 18.0 Å². The minimum absolute atomic E-state index is 0.149. The first-order chi connectivity index (χ1) is 10.1. The molecule has 0 amide bonds. The van der Waals surface area contributed by atoms with Crippen molar-refractivity contribution in [2.45, 2.75) is 0 Å². The van der Waals surface area contributed by atoms with Crippen LogP contribution in [0.3, 0.4) is 0 Å². The van der Waals surface area contributed by atoms with Crippen molar-refractivity contribution in [1.29, 1.82) is 0 Å². The number of aldehydes is 1. The highest BCUT2D eigenvalue weighted by Gasteiger charge is 2.30. The average molecular weight is 291 g/mol. The SMILES string of the molecule is O=CC1CN(c2c(F)cc(-c3ccccc3F)cc2F)C1. The number of carbonyl (C=O) groups excluding carboxylic acids is 1. The van der Waals surface area contributed by atoms with Crippen molar-refractivity contribution in [3.63, 3.8) is 0 Å².